The Labute approximate surface area is 129 Å². The number of aryl methyl sites for hydroxylation is 2. The van der Waals surface area contributed by atoms with Gasteiger partial charge in [-0.25, -0.2) is 0 Å². The van der Waals surface area contributed by atoms with Gasteiger partial charge in [0.15, 0.2) is 0 Å². The summed E-state index contributed by atoms with van der Waals surface area (Å²) >= 11 is 3.11. The molecule has 0 saturated heterocycles. The SMILES string of the molecule is CSC(=NC#N)SCCCOc1c(C)ccc(C)c1C. The Kier molecular flexibility index (Phi) is 7.56. The molecule has 0 N–H and O–H groups in total. The molecule has 5 heteroatoms. The Bertz CT molecular complexity index is 521. The summed E-state index contributed by atoms with van der Waals surface area (Å²) in [6.07, 6.45) is 4.68. The fourth-order valence-corrected chi connectivity index (χ4v) is 3.11. The molecule has 0 bridgehead atoms. The van der Waals surface area contributed by atoms with Crippen molar-refractivity contribution in [3.05, 3.63) is 28.8 Å². The zero-order valence-electron chi connectivity index (χ0n) is 12.4. The van der Waals surface area contributed by atoms with Crippen molar-refractivity contribution in [2.75, 3.05) is 18.6 Å². The van der Waals surface area contributed by atoms with Crippen molar-refractivity contribution in [3.8, 4) is 11.9 Å². The molecule has 0 aliphatic carbocycles. The van der Waals surface area contributed by atoms with Crippen LogP contribution in [0.15, 0.2) is 17.1 Å². The molecule has 0 aromatic heterocycles. The van der Waals surface area contributed by atoms with Gasteiger partial charge in [-0.2, -0.15) is 10.3 Å². The van der Waals surface area contributed by atoms with Gasteiger partial charge in [0.2, 0.25) is 6.19 Å². The van der Waals surface area contributed by atoms with E-state index in [2.05, 4.69) is 37.9 Å². The topological polar surface area (TPSA) is 45.4 Å². The molecule has 1 rings (SSSR count). The Morgan fingerprint density at radius 2 is 2.00 bits per heavy atom. The van der Waals surface area contributed by atoms with Gasteiger partial charge in [-0.1, -0.05) is 23.9 Å². The summed E-state index contributed by atoms with van der Waals surface area (Å²) in [5, 5.41) is 8.52. The van der Waals surface area contributed by atoms with Crippen LogP contribution in [0.2, 0.25) is 0 Å². The van der Waals surface area contributed by atoms with Crippen LogP contribution in [0.5, 0.6) is 5.75 Å². The summed E-state index contributed by atoms with van der Waals surface area (Å²) in [6, 6.07) is 4.22. The van der Waals surface area contributed by atoms with E-state index in [0.29, 0.717) is 6.61 Å². The molecule has 0 saturated carbocycles. The van der Waals surface area contributed by atoms with Crippen LogP contribution in [-0.2, 0) is 0 Å². The lowest BCUT2D eigenvalue weighted by molar-refractivity contribution is 0.314. The minimum Gasteiger partial charge on any atom is -0.493 e. The van der Waals surface area contributed by atoms with Crippen molar-refractivity contribution >= 4 is 27.9 Å². The zero-order valence-corrected chi connectivity index (χ0v) is 14.0. The lowest BCUT2D eigenvalue weighted by atomic mass is 10.1. The van der Waals surface area contributed by atoms with Crippen molar-refractivity contribution in [2.24, 2.45) is 4.99 Å². The molecule has 0 spiro atoms. The smallest absolute Gasteiger partial charge is 0.207 e. The molecule has 3 nitrogen and oxygen atoms in total. The highest BCUT2D eigenvalue weighted by Crippen LogP contribution is 2.26. The number of thioether (sulfide) groups is 2. The lowest BCUT2D eigenvalue weighted by Gasteiger charge is -2.13. The number of hydrogen-bond donors (Lipinski definition) is 0. The summed E-state index contributed by atoms with van der Waals surface area (Å²) < 4.78 is 6.71. The highest BCUT2D eigenvalue weighted by molar-refractivity contribution is 8.38. The van der Waals surface area contributed by atoms with Crippen LogP contribution in [0.4, 0.5) is 0 Å². The van der Waals surface area contributed by atoms with Crippen molar-refractivity contribution in [1.29, 1.82) is 5.26 Å². The predicted octanol–water partition coefficient (Wildman–Crippen LogP) is 4.31. The maximum Gasteiger partial charge on any atom is 0.207 e. The first-order chi connectivity index (χ1) is 9.60. The molecule has 1 aromatic rings. The first kappa shape index (κ1) is 16.9. The molecule has 20 heavy (non-hydrogen) atoms. The molecule has 0 aliphatic rings. The minimum atomic E-state index is 0.687. The van der Waals surface area contributed by atoms with Crippen LogP contribution in [-0.4, -0.2) is 23.0 Å². The molecule has 0 amide bonds. The van der Waals surface area contributed by atoms with Gasteiger partial charge >= 0.3 is 0 Å². The molecule has 0 aliphatic heterocycles. The molecular formula is C15H20N2OS2. The van der Waals surface area contributed by atoms with E-state index >= 15 is 0 Å². The molecular weight excluding hydrogens is 288 g/mol. The minimum absolute atomic E-state index is 0.687. The second kappa shape index (κ2) is 8.93. The molecule has 0 fully saturated rings. The van der Waals surface area contributed by atoms with Crippen LogP contribution in [0.1, 0.15) is 23.1 Å². The third kappa shape index (κ3) is 5.10. The van der Waals surface area contributed by atoms with E-state index in [0.717, 1.165) is 22.3 Å². The fourth-order valence-electron chi connectivity index (χ4n) is 1.72. The van der Waals surface area contributed by atoms with Crippen molar-refractivity contribution in [1.82, 2.24) is 0 Å². The van der Waals surface area contributed by atoms with Gasteiger partial charge in [0.05, 0.1) is 6.61 Å². The number of benzene rings is 1. The Balaban J connectivity index is 2.41. The number of ether oxygens (including phenoxy) is 1. The maximum absolute atomic E-state index is 8.52. The Morgan fingerprint density at radius 1 is 1.30 bits per heavy atom. The van der Waals surface area contributed by atoms with Crippen LogP contribution < -0.4 is 4.74 Å². The van der Waals surface area contributed by atoms with Crippen LogP contribution in [0.25, 0.3) is 0 Å². The largest absolute Gasteiger partial charge is 0.493 e. The van der Waals surface area contributed by atoms with E-state index in [1.807, 2.05) is 12.4 Å². The van der Waals surface area contributed by atoms with E-state index in [-0.39, 0.29) is 0 Å². The summed E-state index contributed by atoms with van der Waals surface area (Å²) in [5.74, 6) is 1.91. The summed E-state index contributed by atoms with van der Waals surface area (Å²) in [6.45, 7) is 6.95. The predicted molar refractivity (Wildman–Crippen MR) is 89.8 cm³/mol. The van der Waals surface area contributed by atoms with E-state index in [1.165, 1.54) is 28.5 Å². The van der Waals surface area contributed by atoms with Gasteiger partial charge in [0.25, 0.3) is 0 Å². The van der Waals surface area contributed by atoms with Crippen LogP contribution >= 0.6 is 23.5 Å². The number of aliphatic imine (C=N–C) groups is 1. The van der Waals surface area contributed by atoms with Crippen molar-refractivity contribution < 1.29 is 4.74 Å². The second-order valence-electron chi connectivity index (χ2n) is 4.39. The van der Waals surface area contributed by atoms with E-state index in [4.69, 9.17) is 10.00 Å². The molecule has 1 aromatic carbocycles. The first-order valence-corrected chi connectivity index (χ1v) is 8.64. The summed E-state index contributed by atoms with van der Waals surface area (Å²) in [5.41, 5.74) is 3.65. The highest BCUT2D eigenvalue weighted by atomic mass is 32.2. The van der Waals surface area contributed by atoms with Gasteiger partial charge in [-0.15, -0.1) is 11.8 Å². The van der Waals surface area contributed by atoms with Crippen LogP contribution in [0, 0.1) is 32.2 Å². The average molecular weight is 308 g/mol. The molecule has 0 heterocycles. The van der Waals surface area contributed by atoms with Gasteiger partial charge in [-0.05, 0) is 50.1 Å². The van der Waals surface area contributed by atoms with Gasteiger partial charge in [-0.3, -0.25) is 0 Å². The van der Waals surface area contributed by atoms with Crippen molar-refractivity contribution in [2.45, 2.75) is 27.2 Å². The second-order valence-corrected chi connectivity index (χ2v) is 6.52. The molecule has 0 radical (unpaired) electrons. The quantitative estimate of drug-likeness (QED) is 0.352. The number of hydrogen-bond acceptors (Lipinski definition) is 5. The summed E-state index contributed by atoms with van der Waals surface area (Å²) in [7, 11) is 0. The first-order valence-electron chi connectivity index (χ1n) is 6.43. The molecule has 108 valence electrons. The summed E-state index contributed by atoms with van der Waals surface area (Å²) in [4.78, 5) is 3.75. The van der Waals surface area contributed by atoms with Gasteiger partial charge < -0.3 is 4.74 Å². The standard InChI is InChI=1S/C15H20N2OS2/c1-11-6-7-12(2)14(13(11)3)18-8-5-9-20-15(19-4)17-10-16/h6-7H,5,8-9H2,1-4H3. The van der Waals surface area contributed by atoms with E-state index in [9.17, 15) is 0 Å². The van der Waals surface area contributed by atoms with E-state index < -0.39 is 0 Å². The molecule has 0 atom stereocenters. The fraction of sp³-hybridized carbons (Fsp3) is 0.467. The Morgan fingerprint density at radius 3 is 2.65 bits per heavy atom. The number of nitrogens with zero attached hydrogens (tertiary/aromatic N) is 2. The maximum atomic E-state index is 8.52. The monoisotopic (exact) mass is 308 g/mol. The normalized spacial score (nSPS) is 11.2. The van der Waals surface area contributed by atoms with Crippen LogP contribution in [0.3, 0.4) is 0 Å². The average Bonchev–Trinajstić information content (AvgIpc) is 2.44. The van der Waals surface area contributed by atoms with Gasteiger partial charge in [0, 0.05) is 5.75 Å². The molecule has 0 unspecified atom stereocenters. The van der Waals surface area contributed by atoms with E-state index in [1.54, 1.807) is 11.8 Å². The third-order valence-electron chi connectivity index (χ3n) is 2.95. The highest BCUT2D eigenvalue weighted by Gasteiger charge is 2.06. The third-order valence-corrected chi connectivity index (χ3v) is 5.08. The lowest BCUT2D eigenvalue weighted by Crippen LogP contribution is -2.03. The van der Waals surface area contributed by atoms with Crippen molar-refractivity contribution in [3.63, 3.8) is 0 Å². The Hall–Kier alpha value is -1.12. The number of rotatable bonds is 5. The zero-order chi connectivity index (χ0) is 15.0. The number of nitriles is 1. The van der Waals surface area contributed by atoms with Gasteiger partial charge in [0.1, 0.15) is 10.1 Å².